The van der Waals surface area contributed by atoms with Gasteiger partial charge in [0.1, 0.15) is 11.9 Å². The molecule has 2 heterocycles. The molecule has 1 aliphatic rings. The van der Waals surface area contributed by atoms with Crippen molar-refractivity contribution in [1.82, 2.24) is 9.88 Å². The number of likely N-dealkylation sites (tertiary alicyclic amines) is 1. The molecular formula is C23H25FN2O2S. The molecule has 0 bridgehead atoms. The Hall–Kier alpha value is -2.47. The fourth-order valence-electron chi connectivity index (χ4n) is 3.54. The molecule has 1 amide bonds. The van der Waals surface area contributed by atoms with Crippen LogP contribution in [0, 0.1) is 5.82 Å². The molecule has 0 N–H and O–H groups in total. The van der Waals surface area contributed by atoms with Gasteiger partial charge in [-0.1, -0.05) is 44.2 Å². The molecule has 1 fully saturated rings. The normalized spacial score (nSPS) is 15.7. The SMILES string of the molecule is CC(C)(C)c1ccc(C(=O)N2CCC(Oc3nc4ccc(F)cc4s3)CC2)cc1. The zero-order valence-corrected chi connectivity index (χ0v) is 17.8. The number of carbonyl (C=O) groups excluding carboxylic acids is 1. The lowest BCUT2D eigenvalue weighted by Gasteiger charge is -2.31. The number of fused-ring (bicyclic) bond motifs is 1. The quantitative estimate of drug-likeness (QED) is 0.577. The van der Waals surface area contributed by atoms with Crippen molar-refractivity contribution < 1.29 is 13.9 Å². The molecule has 0 saturated carbocycles. The smallest absolute Gasteiger partial charge is 0.274 e. The van der Waals surface area contributed by atoms with E-state index in [2.05, 4.69) is 25.8 Å². The molecule has 1 saturated heterocycles. The number of halogens is 1. The van der Waals surface area contributed by atoms with Gasteiger partial charge in [0.15, 0.2) is 0 Å². The van der Waals surface area contributed by atoms with Crippen LogP contribution in [0.1, 0.15) is 49.5 Å². The highest BCUT2D eigenvalue weighted by Crippen LogP contribution is 2.30. The Bertz CT molecular complexity index is 1020. The molecule has 0 atom stereocenters. The summed E-state index contributed by atoms with van der Waals surface area (Å²) in [4.78, 5) is 19.1. The van der Waals surface area contributed by atoms with E-state index in [9.17, 15) is 9.18 Å². The molecule has 152 valence electrons. The molecular weight excluding hydrogens is 387 g/mol. The Balaban J connectivity index is 1.35. The van der Waals surface area contributed by atoms with Crippen molar-refractivity contribution in [3.05, 3.63) is 59.4 Å². The Morgan fingerprint density at radius 3 is 2.48 bits per heavy atom. The molecule has 4 rings (SSSR count). The number of carbonyl (C=O) groups is 1. The number of hydrogen-bond acceptors (Lipinski definition) is 4. The van der Waals surface area contributed by atoms with Gasteiger partial charge in [0.25, 0.3) is 11.1 Å². The number of piperidine rings is 1. The summed E-state index contributed by atoms with van der Waals surface area (Å²) in [6, 6.07) is 12.5. The number of nitrogens with zero attached hydrogens (tertiary/aromatic N) is 2. The molecule has 2 aromatic carbocycles. The monoisotopic (exact) mass is 412 g/mol. The van der Waals surface area contributed by atoms with Crippen LogP contribution in [0.15, 0.2) is 42.5 Å². The van der Waals surface area contributed by atoms with E-state index in [1.54, 1.807) is 6.07 Å². The largest absolute Gasteiger partial charge is 0.467 e. The molecule has 1 aromatic heterocycles. The molecule has 0 spiro atoms. The van der Waals surface area contributed by atoms with E-state index in [-0.39, 0.29) is 23.2 Å². The molecule has 0 aliphatic carbocycles. The van der Waals surface area contributed by atoms with E-state index >= 15 is 0 Å². The zero-order chi connectivity index (χ0) is 20.6. The van der Waals surface area contributed by atoms with Crippen molar-refractivity contribution >= 4 is 27.5 Å². The lowest BCUT2D eigenvalue weighted by molar-refractivity contribution is 0.0595. The molecule has 3 aromatic rings. The summed E-state index contributed by atoms with van der Waals surface area (Å²) in [5.74, 6) is -0.200. The van der Waals surface area contributed by atoms with Crippen molar-refractivity contribution in [1.29, 1.82) is 0 Å². The van der Waals surface area contributed by atoms with Gasteiger partial charge in [-0.25, -0.2) is 9.37 Å². The van der Waals surface area contributed by atoms with Crippen LogP contribution in [0.3, 0.4) is 0 Å². The Morgan fingerprint density at radius 1 is 1.14 bits per heavy atom. The fraction of sp³-hybridized carbons (Fsp3) is 0.391. The topological polar surface area (TPSA) is 42.4 Å². The highest BCUT2D eigenvalue weighted by molar-refractivity contribution is 7.20. The number of ether oxygens (including phenoxy) is 1. The summed E-state index contributed by atoms with van der Waals surface area (Å²) in [6.07, 6.45) is 1.54. The van der Waals surface area contributed by atoms with Crippen LogP contribution in [0.2, 0.25) is 0 Å². The minimum Gasteiger partial charge on any atom is -0.467 e. The van der Waals surface area contributed by atoms with Crippen LogP contribution in [-0.2, 0) is 5.41 Å². The molecule has 0 radical (unpaired) electrons. The lowest BCUT2D eigenvalue weighted by Crippen LogP contribution is -2.41. The first-order chi connectivity index (χ1) is 13.8. The standard InChI is InChI=1S/C23H25FN2O2S/c1-23(2,3)16-6-4-15(5-7-16)21(27)26-12-10-18(11-13-26)28-22-25-19-9-8-17(24)14-20(19)29-22/h4-9,14,18H,10-13H2,1-3H3. The van der Waals surface area contributed by atoms with Gasteiger partial charge in [-0.2, -0.15) is 0 Å². The second kappa shape index (κ2) is 7.75. The molecule has 0 unspecified atom stereocenters. The third-order valence-corrected chi connectivity index (χ3v) is 6.23. The number of aromatic nitrogens is 1. The molecule has 4 nitrogen and oxygen atoms in total. The van der Waals surface area contributed by atoms with Gasteiger partial charge in [0.2, 0.25) is 0 Å². The Kier molecular flexibility index (Phi) is 5.30. The van der Waals surface area contributed by atoms with E-state index in [0.29, 0.717) is 18.3 Å². The number of amides is 1. The third-order valence-electron chi connectivity index (χ3n) is 5.33. The van der Waals surface area contributed by atoms with Crippen LogP contribution < -0.4 is 4.74 Å². The van der Waals surface area contributed by atoms with Gasteiger partial charge < -0.3 is 9.64 Å². The highest BCUT2D eigenvalue weighted by atomic mass is 32.1. The Labute approximate surface area is 174 Å². The minimum atomic E-state index is -0.268. The lowest BCUT2D eigenvalue weighted by atomic mass is 9.86. The number of rotatable bonds is 3. The molecule has 29 heavy (non-hydrogen) atoms. The summed E-state index contributed by atoms with van der Waals surface area (Å²) in [5, 5.41) is 0.563. The van der Waals surface area contributed by atoms with Crippen LogP contribution in [-0.4, -0.2) is 35.0 Å². The van der Waals surface area contributed by atoms with E-state index in [0.717, 1.165) is 28.6 Å². The highest BCUT2D eigenvalue weighted by Gasteiger charge is 2.26. The van der Waals surface area contributed by atoms with Gasteiger partial charge in [-0.15, -0.1) is 0 Å². The molecule has 1 aliphatic heterocycles. The maximum Gasteiger partial charge on any atom is 0.274 e. The van der Waals surface area contributed by atoms with Crippen molar-refractivity contribution in [2.75, 3.05) is 13.1 Å². The average Bonchev–Trinajstić information content (AvgIpc) is 3.09. The van der Waals surface area contributed by atoms with Gasteiger partial charge in [-0.3, -0.25) is 4.79 Å². The Morgan fingerprint density at radius 2 is 1.83 bits per heavy atom. The van der Waals surface area contributed by atoms with Gasteiger partial charge in [-0.05, 0) is 41.3 Å². The summed E-state index contributed by atoms with van der Waals surface area (Å²) in [5.41, 5.74) is 2.77. The summed E-state index contributed by atoms with van der Waals surface area (Å²) < 4.78 is 20.1. The summed E-state index contributed by atoms with van der Waals surface area (Å²) >= 11 is 1.36. The van der Waals surface area contributed by atoms with Crippen molar-refractivity contribution in [2.45, 2.75) is 45.1 Å². The fourth-order valence-corrected chi connectivity index (χ4v) is 4.45. The van der Waals surface area contributed by atoms with Crippen LogP contribution >= 0.6 is 11.3 Å². The van der Waals surface area contributed by atoms with Gasteiger partial charge in [0.05, 0.1) is 10.2 Å². The van der Waals surface area contributed by atoms with E-state index < -0.39 is 0 Å². The average molecular weight is 413 g/mol. The van der Waals surface area contributed by atoms with Crippen molar-refractivity contribution in [3.8, 4) is 5.19 Å². The van der Waals surface area contributed by atoms with Crippen LogP contribution in [0.4, 0.5) is 4.39 Å². The van der Waals surface area contributed by atoms with Crippen LogP contribution in [0.25, 0.3) is 10.2 Å². The first kappa shape index (κ1) is 19.8. The van der Waals surface area contributed by atoms with Crippen molar-refractivity contribution in [2.24, 2.45) is 0 Å². The zero-order valence-electron chi connectivity index (χ0n) is 16.9. The minimum absolute atomic E-state index is 0.0210. The van der Waals surface area contributed by atoms with E-state index in [1.807, 2.05) is 29.2 Å². The molecule has 6 heteroatoms. The number of benzene rings is 2. The first-order valence-electron chi connectivity index (χ1n) is 9.92. The van der Waals surface area contributed by atoms with Gasteiger partial charge in [0, 0.05) is 31.5 Å². The summed E-state index contributed by atoms with van der Waals surface area (Å²) in [7, 11) is 0. The van der Waals surface area contributed by atoms with Gasteiger partial charge >= 0.3 is 0 Å². The predicted octanol–water partition coefficient (Wildman–Crippen LogP) is 5.42. The van der Waals surface area contributed by atoms with Crippen molar-refractivity contribution in [3.63, 3.8) is 0 Å². The summed E-state index contributed by atoms with van der Waals surface area (Å²) in [6.45, 7) is 7.80. The third kappa shape index (κ3) is 4.42. The number of thiazole rings is 1. The maximum atomic E-state index is 13.3. The predicted molar refractivity (Wildman–Crippen MR) is 114 cm³/mol. The van der Waals surface area contributed by atoms with Crippen LogP contribution in [0.5, 0.6) is 5.19 Å². The van der Waals surface area contributed by atoms with E-state index in [4.69, 9.17) is 4.74 Å². The first-order valence-corrected chi connectivity index (χ1v) is 10.7. The van der Waals surface area contributed by atoms with E-state index in [1.165, 1.54) is 29.0 Å². The second-order valence-corrected chi connectivity index (χ2v) is 9.52. The maximum absolute atomic E-state index is 13.3. The second-order valence-electron chi connectivity index (χ2n) is 8.53. The number of hydrogen-bond donors (Lipinski definition) is 0.